The van der Waals surface area contributed by atoms with Crippen molar-refractivity contribution in [3.8, 4) is 11.8 Å². The van der Waals surface area contributed by atoms with Crippen LogP contribution in [0.5, 0.6) is 0 Å². The second-order valence-electron chi connectivity index (χ2n) is 8.72. The molecule has 36 heavy (non-hydrogen) atoms. The number of imidazole rings is 1. The number of hydrogen-bond acceptors (Lipinski definition) is 5. The summed E-state index contributed by atoms with van der Waals surface area (Å²) in [6.45, 7) is 2.21. The Bertz CT molecular complexity index is 1260. The van der Waals surface area contributed by atoms with E-state index in [1.807, 2.05) is 18.2 Å². The van der Waals surface area contributed by atoms with E-state index in [2.05, 4.69) is 22.5 Å². The summed E-state index contributed by atoms with van der Waals surface area (Å²) in [5, 5.41) is 12.8. The van der Waals surface area contributed by atoms with E-state index in [4.69, 9.17) is 9.90 Å². The average Bonchev–Trinajstić information content (AvgIpc) is 3.07. The monoisotopic (exact) mass is 508 g/mol. The minimum atomic E-state index is -5.08. The molecule has 2 saturated heterocycles. The van der Waals surface area contributed by atoms with Crippen molar-refractivity contribution in [3.05, 3.63) is 34.2 Å². The van der Waals surface area contributed by atoms with Crippen molar-refractivity contribution in [2.45, 2.75) is 50.7 Å². The number of benzene rings is 1. The van der Waals surface area contributed by atoms with Crippen LogP contribution in [0.1, 0.15) is 50.1 Å². The first-order valence-electron chi connectivity index (χ1n) is 11.5. The summed E-state index contributed by atoms with van der Waals surface area (Å²) < 4.78 is 34.8. The van der Waals surface area contributed by atoms with Gasteiger partial charge in [0.25, 0.3) is 0 Å². The minimum absolute atomic E-state index is 0.236. The van der Waals surface area contributed by atoms with Crippen molar-refractivity contribution in [2.75, 3.05) is 13.1 Å². The number of aromatic nitrogens is 2. The number of alkyl halides is 3. The molecule has 0 bridgehead atoms. The Morgan fingerprint density at radius 1 is 1.14 bits per heavy atom. The molecule has 1 aromatic heterocycles. The van der Waals surface area contributed by atoms with Gasteiger partial charge in [0.1, 0.15) is 6.04 Å². The first-order chi connectivity index (χ1) is 17.0. The van der Waals surface area contributed by atoms with E-state index in [0.29, 0.717) is 11.9 Å². The fourth-order valence-electron chi connectivity index (χ4n) is 4.28. The van der Waals surface area contributed by atoms with Gasteiger partial charge in [0.15, 0.2) is 0 Å². The van der Waals surface area contributed by atoms with Crippen molar-refractivity contribution < 1.29 is 32.7 Å². The van der Waals surface area contributed by atoms with Crippen LogP contribution in [0.4, 0.5) is 13.2 Å². The zero-order valence-electron chi connectivity index (χ0n) is 19.7. The van der Waals surface area contributed by atoms with E-state index in [1.165, 1.54) is 17.4 Å². The molecule has 3 N–H and O–H groups in total. The molecule has 2 aliphatic heterocycles. The van der Waals surface area contributed by atoms with Crippen LogP contribution in [0.2, 0.25) is 0 Å². The third-order valence-electron chi connectivity index (χ3n) is 6.22. The molecule has 0 saturated carbocycles. The van der Waals surface area contributed by atoms with Crippen molar-refractivity contribution >= 4 is 28.8 Å². The molecule has 2 aromatic rings. The van der Waals surface area contributed by atoms with Crippen LogP contribution in [0, 0.1) is 17.8 Å². The minimum Gasteiger partial charge on any atom is -0.475 e. The number of nitrogens with one attached hydrogen (secondary N) is 2. The lowest BCUT2D eigenvalue weighted by Gasteiger charge is -2.21. The maximum Gasteiger partial charge on any atom is 0.490 e. The Hall–Kier alpha value is -3.59. The third-order valence-corrected chi connectivity index (χ3v) is 6.22. The highest BCUT2D eigenvalue weighted by atomic mass is 19.4. The van der Waals surface area contributed by atoms with Crippen LogP contribution in [0.25, 0.3) is 11.0 Å². The third kappa shape index (κ3) is 6.54. The number of hydrogen-bond donors (Lipinski definition) is 3. The lowest BCUT2D eigenvalue weighted by molar-refractivity contribution is -0.192. The molecule has 0 aliphatic carbocycles. The fraction of sp³-hybridized carbons (Fsp3) is 0.500. The fourth-order valence-corrected chi connectivity index (χ4v) is 4.28. The lowest BCUT2D eigenvalue weighted by Crippen LogP contribution is -2.44. The highest BCUT2D eigenvalue weighted by Gasteiger charge is 2.38. The zero-order valence-corrected chi connectivity index (χ0v) is 19.7. The molecule has 1 atom stereocenters. The van der Waals surface area contributed by atoms with Gasteiger partial charge < -0.3 is 10.4 Å². The number of rotatable bonds is 3. The molecule has 0 radical (unpaired) electrons. The van der Waals surface area contributed by atoms with Gasteiger partial charge in [-0.25, -0.2) is 9.59 Å². The summed E-state index contributed by atoms with van der Waals surface area (Å²) >= 11 is 0. The topological polar surface area (TPSA) is 122 Å². The standard InChI is InChI=1S/C22H26N4O3.C2HF3O2/c1-25-19-14-16(5-3-2-4-15-10-12-23-13-11-15)6-7-17(19)26(22(25)29)18-8-9-20(27)24-21(18)28;3-2(4,5)1(6)7/h6-7,14-15,18,23H,2,4,8-13H2,1H3,(H,24,27,28);(H,6,7). The van der Waals surface area contributed by atoms with Gasteiger partial charge in [-0.05, 0) is 62.9 Å². The first-order valence-corrected chi connectivity index (χ1v) is 11.5. The Morgan fingerprint density at radius 3 is 2.42 bits per heavy atom. The largest absolute Gasteiger partial charge is 0.490 e. The smallest absolute Gasteiger partial charge is 0.475 e. The molecule has 9 nitrogen and oxygen atoms in total. The van der Waals surface area contributed by atoms with Crippen LogP contribution >= 0.6 is 0 Å². The number of carbonyl (C=O) groups excluding carboxylic acids is 2. The summed E-state index contributed by atoms with van der Waals surface area (Å²) in [6, 6.07) is 4.97. The number of imide groups is 1. The van der Waals surface area contributed by atoms with Crippen molar-refractivity contribution in [1.82, 2.24) is 19.8 Å². The van der Waals surface area contributed by atoms with Crippen molar-refractivity contribution in [1.29, 1.82) is 0 Å². The number of amides is 2. The summed E-state index contributed by atoms with van der Waals surface area (Å²) in [7, 11) is 1.70. The SMILES string of the molecule is Cn1c(=O)n(C2CCC(=O)NC2=O)c2ccc(C#CCCC3CCNCC3)cc21.O=C(O)C(F)(F)F. The van der Waals surface area contributed by atoms with Gasteiger partial charge in [-0.15, -0.1) is 0 Å². The molecule has 4 rings (SSSR count). The van der Waals surface area contributed by atoms with E-state index in [9.17, 15) is 27.6 Å². The highest BCUT2D eigenvalue weighted by molar-refractivity contribution is 6.00. The summed E-state index contributed by atoms with van der Waals surface area (Å²) in [4.78, 5) is 45.4. The molecular weight excluding hydrogens is 481 g/mol. The van der Waals surface area contributed by atoms with Crippen molar-refractivity contribution in [2.24, 2.45) is 13.0 Å². The Labute approximate surface area is 204 Å². The Kier molecular flexibility index (Phi) is 8.57. The van der Waals surface area contributed by atoms with Gasteiger partial charge >= 0.3 is 17.8 Å². The summed E-state index contributed by atoms with van der Waals surface area (Å²) in [5.74, 6) is 3.77. The molecule has 3 heterocycles. The van der Waals surface area contributed by atoms with Gasteiger partial charge in [0, 0.05) is 25.5 Å². The number of carbonyl (C=O) groups is 3. The van der Waals surface area contributed by atoms with Crippen LogP contribution in [0.15, 0.2) is 23.0 Å². The molecule has 0 spiro atoms. The molecule has 2 amide bonds. The second kappa shape index (κ2) is 11.4. The number of piperidine rings is 2. The number of aryl methyl sites for hydroxylation is 1. The van der Waals surface area contributed by atoms with Gasteiger partial charge in [-0.1, -0.05) is 11.8 Å². The quantitative estimate of drug-likeness (QED) is 0.431. The molecule has 2 fully saturated rings. The van der Waals surface area contributed by atoms with E-state index in [0.717, 1.165) is 42.9 Å². The normalized spacial score (nSPS) is 18.6. The number of carboxylic acid groups (broad SMARTS) is 1. The zero-order chi connectivity index (χ0) is 26.5. The van der Waals surface area contributed by atoms with Gasteiger partial charge in [-0.2, -0.15) is 13.2 Å². The molecule has 12 heteroatoms. The van der Waals surface area contributed by atoms with Crippen LogP contribution in [-0.2, 0) is 21.4 Å². The van der Waals surface area contributed by atoms with E-state index in [1.54, 1.807) is 11.6 Å². The number of fused-ring (bicyclic) bond motifs is 1. The van der Waals surface area contributed by atoms with Crippen LogP contribution in [0.3, 0.4) is 0 Å². The van der Waals surface area contributed by atoms with E-state index >= 15 is 0 Å². The predicted octanol–water partition coefficient (Wildman–Crippen LogP) is 2.08. The summed E-state index contributed by atoms with van der Waals surface area (Å²) in [5.41, 5.74) is 2.03. The Morgan fingerprint density at radius 2 is 1.81 bits per heavy atom. The molecular formula is C24H27F3N4O5. The maximum atomic E-state index is 12.8. The lowest BCUT2D eigenvalue weighted by atomic mass is 9.93. The highest BCUT2D eigenvalue weighted by Crippen LogP contribution is 2.23. The van der Waals surface area contributed by atoms with E-state index < -0.39 is 24.1 Å². The number of carboxylic acids is 1. The average molecular weight is 508 g/mol. The second-order valence-corrected chi connectivity index (χ2v) is 8.72. The Balaban J connectivity index is 0.000000454. The molecule has 2 aliphatic rings. The predicted molar refractivity (Wildman–Crippen MR) is 124 cm³/mol. The number of halogens is 3. The molecule has 194 valence electrons. The molecule has 1 unspecified atom stereocenters. The van der Waals surface area contributed by atoms with E-state index in [-0.39, 0.29) is 18.0 Å². The number of aliphatic carboxylic acids is 1. The van der Waals surface area contributed by atoms with Crippen molar-refractivity contribution in [3.63, 3.8) is 0 Å². The first kappa shape index (κ1) is 27.0. The van der Waals surface area contributed by atoms with Gasteiger partial charge in [0.2, 0.25) is 11.8 Å². The van der Waals surface area contributed by atoms with Gasteiger partial charge in [-0.3, -0.25) is 24.0 Å². The van der Waals surface area contributed by atoms with Gasteiger partial charge in [0.05, 0.1) is 11.0 Å². The van der Waals surface area contributed by atoms with Crippen LogP contribution < -0.4 is 16.3 Å². The number of nitrogens with zero attached hydrogens (tertiary/aromatic N) is 2. The van der Waals surface area contributed by atoms with Crippen LogP contribution in [-0.4, -0.2) is 51.3 Å². The molecule has 1 aromatic carbocycles. The maximum absolute atomic E-state index is 12.8. The summed E-state index contributed by atoms with van der Waals surface area (Å²) in [6.07, 6.45) is -0.0603.